The summed E-state index contributed by atoms with van der Waals surface area (Å²) >= 11 is 0. The number of nitrogens with zero attached hydrogens (tertiary/aromatic N) is 1. The highest BCUT2D eigenvalue weighted by Crippen LogP contribution is 2.00. The predicted molar refractivity (Wildman–Crippen MR) is 54.5 cm³/mol. The normalized spacial score (nSPS) is 9.36. The van der Waals surface area contributed by atoms with Crippen LogP contribution in [0, 0.1) is 17.8 Å². The van der Waals surface area contributed by atoms with Gasteiger partial charge in [0.05, 0.1) is 0 Å². The van der Waals surface area contributed by atoms with Crippen molar-refractivity contribution in [1.29, 1.82) is 0 Å². The summed E-state index contributed by atoms with van der Waals surface area (Å²) in [4.78, 5) is 14.8. The van der Waals surface area contributed by atoms with E-state index in [0.29, 0.717) is 11.3 Å². The van der Waals surface area contributed by atoms with Crippen LogP contribution in [-0.4, -0.2) is 10.9 Å². The SMILES string of the molecule is CC(C)C#Cc1cc(C(N)=O)ccn1. The highest BCUT2D eigenvalue weighted by Gasteiger charge is 1.99. The first-order valence-corrected chi connectivity index (χ1v) is 4.37. The van der Waals surface area contributed by atoms with Crippen LogP contribution in [0.3, 0.4) is 0 Å². The minimum Gasteiger partial charge on any atom is -0.366 e. The van der Waals surface area contributed by atoms with E-state index >= 15 is 0 Å². The van der Waals surface area contributed by atoms with Crippen molar-refractivity contribution in [3.05, 3.63) is 29.6 Å². The van der Waals surface area contributed by atoms with Gasteiger partial charge in [-0.1, -0.05) is 19.8 Å². The highest BCUT2D eigenvalue weighted by atomic mass is 16.1. The summed E-state index contributed by atoms with van der Waals surface area (Å²) in [5, 5.41) is 0. The van der Waals surface area contributed by atoms with Crippen LogP contribution in [0.15, 0.2) is 18.3 Å². The summed E-state index contributed by atoms with van der Waals surface area (Å²) in [6.07, 6.45) is 1.53. The van der Waals surface area contributed by atoms with Crippen molar-refractivity contribution in [1.82, 2.24) is 4.98 Å². The summed E-state index contributed by atoms with van der Waals surface area (Å²) in [6, 6.07) is 3.17. The molecule has 0 aromatic carbocycles. The maximum absolute atomic E-state index is 10.8. The average Bonchev–Trinajstić information content (AvgIpc) is 2.15. The van der Waals surface area contributed by atoms with Gasteiger partial charge < -0.3 is 5.73 Å². The number of nitrogens with two attached hydrogens (primary N) is 1. The average molecular weight is 188 g/mol. The molecule has 0 spiro atoms. The Balaban J connectivity index is 2.96. The lowest BCUT2D eigenvalue weighted by atomic mass is 10.2. The lowest BCUT2D eigenvalue weighted by molar-refractivity contribution is 0.1000. The predicted octanol–water partition coefficient (Wildman–Crippen LogP) is 1.19. The lowest BCUT2D eigenvalue weighted by Crippen LogP contribution is -2.11. The van der Waals surface area contributed by atoms with Crippen LogP contribution in [0.25, 0.3) is 0 Å². The number of rotatable bonds is 1. The molecular weight excluding hydrogens is 176 g/mol. The van der Waals surface area contributed by atoms with E-state index in [1.807, 2.05) is 13.8 Å². The van der Waals surface area contributed by atoms with Gasteiger partial charge in [-0.2, -0.15) is 0 Å². The first-order chi connectivity index (χ1) is 6.59. The van der Waals surface area contributed by atoms with E-state index in [-0.39, 0.29) is 5.92 Å². The lowest BCUT2D eigenvalue weighted by Gasteiger charge is -1.95. The molecule has 1 rings (SSSR count). The molecule has 0 bridgehead atoms. The molecule has 0 saturated heterocycles. The number of hydrogen-bond donors (Lipinski definition) is 1. The molecule has 1 aromatic rings. The Labute approximate surface area is 83.3 Å². The quantitative estimate of drug-likeness (QED) is 0.673. The molecule has 2 N–H and O–H groups in total. The van der Waals surface area contributed by atoms with Crippen molar-refractivity contribution in [2.24, 2.45) is 11.7 Å². The molecule has 1 heterocycles. The number of carbonyl (C=O) groups excluding carboxylic acids is 1. The van der Waals surface area contributed by atoms with Gasteiger partial charge in [0.2, 0.25) is 5.91 Å². The van der Waals surface area contributed by atoms with Gasteiger partial charge in [0.1, 0.15) is 5.69 Å². The molecule has 3 heteroatoms. The van der Waals surface area contributed by atoms with Gasteiger partial charge in [-0.25, -0.2) is 4.98 Å². The Kier molecular flexibility index (Phi) is 3.24. The molecule has 14 heavy (non-hydrogen) atoms. The molecule has 0 fully saturated rings. The van der Waals surface area contributed by atoms with Crippen molar-refractivity contribution in [3.63, 3.8) is 0 Å². The van der Waals surface area contributed by atoms with E-state index in [4.69, 9.17) is 5.73 Å². The number of amides is 1. The van der Waals surface area contributed by atoms with E-state index in [1.54, 1.807) is 12.1 Å². The summed E-state index contributed by atoms with van der Waals surface area (Å²) in [5.41, 5.74) is 6.14. The van der Waals surface area contributed by atoms with E-state index in [1.165, 1.54) is 6.20 Å². The maximum Gasteiger partial charge on any atom is 0.248 e. The summed E-state index contributed by atoms with van der Waals surface area (Å²) < 4.78 is 0. The highest BCUT2D eigenvalue weighted by molar-refractivity contribution is 5.92. The zero-order chi connectivity index (χ0) is 10.6. The minimum absolute atomic E-state index is 0.286. The van der Waals surface area contributed by atoms with E-state index in [9.17, 15) is 4.79 Å². The molecule has 0 aliphatic carbocycles. The van der Waals surface area contributed by atoms with Crippen LogP contribution >= 0.6 is 0 Å². The van der Waals surface area contributed by atoms with Crippen LogP contribution < -0.4 is 5.73 Å². The molecule has 0 aliphatic heterocycles. The topological polar surface area (TPSA) is 56.0 Å². The van der Waals surface area contributed by atoms with Gasteiger partial charge in [-0.05, 0) is 18.1 Å². The fourth-order valence-corrected chi connectivity index (χ4v) is 0.870. The Hall–Kier alpha value is -1.82. The largest absolute Gasteiger partial charge is 0.366 e. The second kappa shape index (κ2) is 4.43. The van der Waals surface area contributed by atoms with Crippen molar-refractivity contribution < 1.29 is 4.79 Å². The Morgan fingerprint density at radius 2 is 2.29 bits per heavy atom. The molecule has 1 amide bonds. The van der Waals surface area contributed by atoms with Gasteiger partial charge in [0.15, 0.2) is 0 Å². The Morgan fingerprint density at radius 1 is 1.57 bits per heavy atom. The Morgan fingerprint density at radius 3 is 2.86 bits per heavy atom. The third-order valence-electron chi connectivity index (χ3n) is 1.53. The number of pyridine rings is 1. The van der Waals surface area contributed by atoms with Crippen LogP contribution in [0.4, 0.5) is 0 Å². The first kappa shape index (κ1) is 10.3. The third-order valence-corrected chi connectivity index (χ3v) is 1.53. The van der Waals surface area contributed by atoms with Crippen molar-refractivity contribution in [3.8, 4) is 11.8 Å². The number of aromatic nitrogens is 1. The molecule has 0 aliphatic rings. The van der Waals surface area contributed by atoms with Gasteiger partial charge >= 0.3 is 0 Å². The zero-order valence-electron chi connectivity index (χ0n) is 8.24. The standard InChI is InChI=1S/C11H12N2O/c1-8(2)3-4-10-7-9(11(12)14)5-6-13-10/h5-8H,1-2H3,(H2,12,14). The van der Waals surface area contributed by atoms with Gasteiger partial charge in [-0.3, -0.25) is 4.79 Å². The zero-order valence-corrected chi connectivity index (χ0v) is 8.24. The van der Waals surface area contributed by atoms with Crippen LogP contribution in [-0.2, 0) is 0 Å². The molecule has 0 saturated carbocycles. The number of carbonyl (C=O) groups is 1. The molecule has 0 atom stereocenters. The third kappa shape index (κ3) is 2.91. The van der Waals surface area contributed by atoms with Crippen LogP contribution in [0.1, 0.15) is 29.9 Å². The summed E-state index contributed by atoms with van der Waals surface area (Å²) in [6.45, 7) is 3.98. The second-order valence-electron chi connectivity index (χ2n) is 3.22. The number of primary amides is 1. The smallest absolute Gasteiger partial charge is 0.248 e. The minimum atomic E-state index is -0.458. The second-order valence-corrected chi connectivity index (χ2v) is 3.22. The van der Waals surface area contributed by atoms with Crippen LogP contribution in [0.2, 0.25) is 0 Å². The van der Waals surface area contributed by atoms with Crippen LogP contribution in [0.5, 0.6) is 0 Å². The summed E-state index contributed by atoms with van der Waals surface area (Å²) in [5.74, 6) is 5.66. The van der Waals surface area contributed by atoms with Crippen molar-refractivity contribution in [2.75, 3.05) is 0 Å². The molecule has 72 valence electrons. The maximum atomic E-state index is 10.8. The Bertz CT molecular complexity index is 399. The van der Waals surface area contributed by atoms with E-state index < -0.39 is 5.91 Å². The van der Waals surface area contributed by atoms with E-state index in [2.05, 4.69) is 16.8 Å². The van der Waals surface area contributed by atoms with Crippen molar-refractivity contribution in [2.45, 2.75) is 13.8 Å². The number of hydrogen-bond acceptors (Lipinski definition) is 2. The molecular formula is C11H12N2O. The monoisotopic (exact) mass is 188 g/mol. The fraction of sp³-hybridized carbons (Fsp3) is 0.273. The molecule has 0 unspecified atom stereocenters. The van der Waals surface area contributed by atoms with Crippen molar-refractivity contribution >= 4 is 5.91 Å². The van der Waals surface area contributed by atoms with Gasteiger partial charge in [-0.15, -0.1) is 0 Å². The van der Waals surface area contributed by atoms with Gasteiger partial charge in [0, 0.05) is 17.7 Å². The molecule has 1 aromatic heterocycles. The molecule has 0 radical (unpaired) electrons. The first-order valence-electron chi connectivity index (χ1n) is 4.37. The summed E-state index contributed by atoms with van der Waals surface area (Å²) in [7, 11) is 0. The van der Waals surface area contributed by atoms with Gasteiger partial charge in [0.25, 0.3) is 0 Å². The van der Waals surface area contributed by atoms with E-state index in [0.717, 1.165) is 0 Å². The fourth-order valence-electron chi connectivity index (χ4n) is 0.870. The molecule has 3 nitrogen and oxygen atoms in total.